The lowest BCUT2D eigenvalue weighted by atomic mass is 9.95. The molecule has 0 atom stereocenters. The molecule has 4 rings (SSSR count). The second-order valence-corrected chi connectivity index (χ2v) is 7.34. The minimum absolute atomic E-state index is 0.549. The Bertz CT molecular complexity index is 718. The summed E-state index contributed by atoms with van der Waals surface area (Å²) in [7, 11) is 0. The Morgan fingerprint density at radius 2 is 2.04 bits per heavy atom. The van der Waals surface area contributed by atoms with E-state index >= 15 is 0 Å². The predicted octanol–water partition coefficient (Wildman–Crippen LogP) is 2.72. The summed E-state index contributed by atoms with van der Waals surface area (Å²) >= 11 is 6.12. The SMILES string of the molecule is Cc1cc(CN2CCC(c3nnc4n3CCNC4)CC2)ccc1Cl. The van der Waals surface area contributed by atoms with Gasteiger partial charge in [-0.25, -0.2) is 0 Å². The van der Waals surface area contributed by atoms with E-state index in [1.807, 2.05) is 6.07 Å². The largest absolute Gasteiger partial charge is 0.312 e. The van der Waals surface area contributed by atoms with Crippen LogP contribution in [0.15, 0.2) is 18.2 Å². The lowest BCUT2D eigenvalue weighted by Gasteiger charge is -2.32. The van der Waals surface area contributed by atoms with Crippen LogP contribution in [0, 0.1) is 6.92 Å². The molecule has 3 heterocycles. The van der Waals surface area contributed by atoms with Gasteiger partial charge in [0.05, 0.1) is 6.54 Å². The van der Waals surface area contributed by atoms with Crippen LogP contribution in [-0.2, 0) is 19.6 Å². The van der Waals surface area contributed by atoms with Gasteiger partial charge in [0.25, 0.3) is 0 Å². The van der Waals surface area contributed by atoms with Crippen LogP contribution in [0.3, 0.4) is 0 Å². The molecule has 0 aliphatic carbocycles. The van der Waals surface area contributed by atoms with Gasteiger partial charge in [-0.3, -0.25) is 4.90 Å². The van der Waals surface area contributed by atoms with Gasteiger partial charge in [0.1, 0.15) is 11.6 Å². The molecule has 0 spiro atoms. The first-order valence-electron chi connectivity index (χ1n) is 8.81. The Morgan fingerprint density at radius 1 is 1.21 bits per heavy atom. The van der Waals surface area contributed by atoms with Crippen molar-refractivity contribution >= 4 is 11.6 Å². The van der Waals surface area contributed by atoms with E-state index in [2.05, 4.69) is 44.0 Å². The van der Waals surface area contributed by atoms with Crippen molar-refractivity contribution in [2.24, 2.45) is 0 Å². The van der Waals surface area contributed by atoms with Gasteiger partial charge in [0, 0.05) is 30.6 Å². The Balaban J connectivity index is 1.38. The van der Waals surface area contributed by atoms with Gasteiger partial charge in [0.15, 0.2) is 0 Å². The fourth-order valence-corrected chi connectivity index (χ4v) is 3.95. The smallest absolute Gasteiger partial charge is 0.147 e. The second-order valence-electron chi connectivity index (χ2n) is 6.94. The quantitative estimate of drug-likeness (QED) is 0.929. The number of fused-ring (bicyclic) bond motifs is 1. The number of halogens is 1. The van der Waals surface area contributed by atoms with Crippen LogP contribution in [0.2, 0.25) is 5.02 Å². The fraction of sp³-hybridized carbons (Fsp3) is 0.556. The first-order valence-corrected chi connectivity index (χ1v) is 9.18. The summed E-state index contributed by atoms with van der Waals surface area (Å²) in [4.78, 5) is 2.54. The van der Waals surface area contributed by atoms with Gasteiger partial charge in [-0.05, 0) is 50.0 Å². The van der Waals surface area contributed by atoms with Crippen molar-refractivity contribution < 1.29 is 0 Å². The number of hydrogen-bond donors (Lipinski definition) is 1. The molecule has 0 radical (unpaired) electrons. The number of hydrogen-bond acceptors (Lipinski definition) is 4. The molecule has 2 aliphatic heterocycles. The summed E-state index contributed by atoms with van der Waals surface area (Å²) in [6, 6.07) is 6.36. The predicted molar refractivity (Wildman–Crippen MR) is 95.2 cm³/mol. The van der Waals surface area contributed by atoms with Crippen LogP contribution in [0.5, 0.6) is 0 Å². The van der Waals surface area contributed by atoms with Crippen molar-refractivity contribution in [2.45, 2.75) is 45.3 Å². The highest BCUT2D eigenvalue weighted by Crippen LogP contribution is 2.28. The maximum atomic E-state index is 6.12. The topological polar surface area (TPSA) is 46.0 Å². The van der Waals surface area contributed by atoms with Gasteiger partial charge in [-0.15, -0.1) is 10.2 Å². The normalized spacial score (nSPS) is 19.4. The molecule has 0 amide bonds. The third kappa shape index (κ3) is 3.21. The molecule has 6 heteroatoms. The molecule has 1 saturated heterocycles. The molecule has 1 N–H and O–H groups in total. The van der Waals surface area contributed by atoms with Crippen LogP contribution in [0.1, 0.15) is 41.5 Å². The van der Waals surface area contributed by atoms with Gasteiger partial charge in [-0.1, -0.05) is 23.7 Å². The van der Waals surface area contributed by atoms with Gasteiger partial charge >= 0.3 is 0 Å². The number of nitrogens with zero attached hydrogens (tertiary/aromatic N) is 4. The van der Waals surface area contributed by atoms with Crippen molar-refractivity contribution in [2.75, 3.05) is 19.6 Å². The Hall–Kier alpha value is -1.43. The minimum atomic E-state index is 0.549. The zero-order valence-electron chi connectivity index (χ0n) is 14.1. The first-order chi connectivity index (χ1) is 11.7. The fourth-order valence-electron chi connectivity index (χ4n) is 3.83. The lowest BCUT2D eigenvalue weighted by molar-refractivity contribution is 0.199. The molecule has 128 valence electrons. The van der Waals surface area contributed by atoms with E-state index in [0.29, 0.717) is 5.92 Å². The van der Waals surface area contributed by atoms with E-state index in [0.717, 1.165) is 68.5 Å². The summed E-state index contributed by atoms with van der Waals surface area (Å²) < 4.78 is 2.33. The number of piperidine rings is 1. The van der Waals surface area contributed by atoms with Crippen LogP contribution in [0.4, 0.5) is 0 Å². The molecule has 0 saturated carbocycles. The van der Waals surface area contributed by atoms with E-state index in [1.165, 1.54) is 11.4 Å². The molecule has 2 aliphatic rings. The molecular weight excluding hydrogens is 322 g/mol. The average Bonchev–Trinajstić information content (AvgIpc) is 3.03. The first kappa shape index (κ1) is 16.1. The standard InChI is InChI=1S/C18H24ClN5/c1-13-10-14(2-3-16(13)19)12-23-7-4-15(5-8-23)18-22-21-17-11-20-6-9-24(17)18/h2-3,10,15,20H,4-9,11-12H2,1H3. The molecule has 0 bridgehead atoms. The number of nitrogens with one attached hydrogen (secondary N) is 1. The Kier molecular flexibility index (Phi) is 4.57. The molecule has 24 heavy (non-hydrogen) atoms. The molecule has 1 aromatic carbocycles. The van der Waals surface area contributed by atoms with E-state index in [-0.39, 0.29) is 0 Å². The lowest BCUT2D eigenvalue weighted by Crippen LogP contribution is -2.34. The summed E-state index contributed by atoms with van der Waals surface area (Å²) in [5, 5.41) is 13.1. The molecule has 2 aromatic rings. The third-order valence-electron chi connectivity index (χ3n) is 5.23. The van der Waals surface area contributed by atoms with Crippen molar-refractivity contribution in [1.29, 1.82) is 0 Å². The number of aromatic nitrogens is 3. The van der Waals surface area contributed by atoms with Crippen LogP contribution < -0.4 is 5.32 Å². The van der Waals surface area contributed by atoms with Crippen LogP contribution in [-0.4, -0.2) is 39.3 Å². The van der Waals surface area contributed by atoms with Crippen LogP contribution in [0.25, 0.3) is 0 Å². The van der Waals surface area contributed by atoms with Gasteiger partial charge in [0.2, 0.25) is 0 Å². The number of rotatable bonds is 3. The van der Waals surface area contributed by atoms with Crippen molar-refractivity contribution in [3.63, 3.8) is 0 Å². The van der Waals surface area contributed by atoms with E-state index in [9.17, 15) is 0 Å². The van der Waals surface area contributed by atoms with E-state index in [1.54, 1.807) is 0 Å². The van der Waals surface area contributed by atoms with Crippen LogP contribution >= 0.6 is 11.6 Å². The maximum absolute atomic E-state index is 6.12. The minimum Gasteiger partial charge on any atom is -0.312 e. The zero-order chi connectivity index (χ0) is 16.5. The van der Waals surface area contributed by atoms with Gasteiger partial charge < -0.3 is 9.88 Å². The molecule has 1 fully saturated rings. The van der Waals surface area contributed by atoms with Crippen molar-refractivity contribution in [3.05, 3.63) is 46.0 Å². The highest BCUT2D eigenvalue weighted by atomic mass is 35.5. The Morgan fingerprint density at radius 3 is 2.83 bits per heavy atom. The van der Waals surface area contributed by atoms with Crippen molar-refractivity contribution in [1.82, 2.24) is 25.0 Å². The zero-order valence-corrected chi connectivity index (χ0v) is 14.9. The second kappa shape index (κ2) is 6.82. The molecule has 5 nitrogen and oxygen atoms in total. The highest BCUT2D eigenvalue weighted by Gasteiger charge is 2.26. The number of likely N-dealkylation sites (tertiary alicyclic amines) is 1. The molecular formula is C18H24ClN5. The van der Waals surface area contributed by atoms with E-state index in [4.69, 9.17) is 11.6 Å². The molecule has 0 unspecified atom stereocenters. The summed E-state index contributed by atoms with van der Waals surface area (Å²) in [6.07, 6.45) is 2.33. The summed E-state index contributed by atoms with van der Waals surface area (Å²) in [6.45, 7) is 8.18. The molecule has 1 aromatic heterocycles. The summed E-state index contributed by atoms with van der Waals surface area (Å²) in [5.41, 5.74) is 2.51. The monoisotopic (exact) mass is 345 g/mol. The van der Waals surface area contributed by atoms with Gasteiger partial charge in [-0.2, -0.15) is 0 Å². The highest BCUT2D eigenvalue weighted by molar-refractivity contribution is 6.31. The van der Waals surface area contributed by atoms with Crippen molar-refractivity contribution in [3.8, 4) is 0 Å². The average molecular weight is 346 g/mol. The third-order valence-corrected chi connectivity index (χ3v) is 5.66. The number of aryl methyl sites for hydroxylation is 1. The Labute approximate surface area is 148 Å². The maximum Gasteiger partial charge on any atom is 0.147 e. The number of benzene rings is 1. The summed E-state index contributed by atoms with van der Waals surface area (Å²) in [5.74, 6) is 2.84. The van der Waals surface area contributed by atoms with E-state index < -0.39 is 0 Å².